The Kier molecular flexibility index (Phi) is 4.97. The Bertz CT molecular complexity index is 1170. The number of Topliss-reactive ketones (excluding diaryl/α,β-unsaturated/α-hetero) is 1. The fourth-order valence-corrected chi connectivity index (χ4v) is 5.80. The Morgan fingerprint density at radius 3 is 2.43 bits per heavy atom. The fraction of sp³-hybridized carbons (Fsp3) is 0.273. The van der Waals surface area contributed by atoms with E-state index in [0.29, 0.717) is 11.1 Å². The van der Waals surface area contributed by atoms with Crippen LogP contribution in [0.3, 0.4) is 0 Å². The van der Waals surface area contributed by atoms with Gasteiger partial charge in [-0.25, -0.2) is 12.8 Å². The van der Waals surface area contributed by atoms with Crippen LogP contribution in [0.5, 0.6) is 0 Å². The minimum absolute atomic E-state index is 0.0888. The van der Waals surface area contributed by atoms with E-state index in [1.807, 2.05) is 6.92 Å². The van der Waals surface area contributed by atoms with Crippen molar-refractivity contribution < 1.29 is 27.5 Å². The predicted octanol–water partition coefficient (Wildman–Crippen LogP) is 2.74. The maximum atomic E-state index is 14.0. The van der Waals surface area contributed by atoms with Crippen molar-refractivity contribution >= 4 is 27.3 Å². The van der Waals surface area contributed by atoms with E-state index in [-0.39, 0.29) is 29.3 Å². The van der Waals surface area contributed by atoms with Gasteiger partial charge in [0.15, 0.2) is 9.84 Å². The number of aliphatic hydroxyl groups excluding tert-OH is 1. The van der Waals surface area contributed by atoms with E-state index >= 15 is 0 Å². The predicted molar refractivity (Wildman–Crippen MR) is 109 cm³/mol. The summed E-state index contributed by atoms with van der Waals surface area (Å²) in [5.41, 5.74) is 1.43. The summed E-state index contributed by atoms with van der Waals surface area (Å²) in [6.07, 6.45) is 0.186. The van der Waals surface area contributed by atoms with Crippen molar-refractivity contribution in [1.29, 1.82) is 0 Å². The minimum Gasteiger partial charge on any atom is -0.507 e. The number of aryl methyl sites for hydroxylation is 1. The molecule has 2 heterocycles. The van der Waals surface area contributed by atoms with E-state index in [2.05, 4.69) is 0 Å². The van der Waals surface area contributed by atoms with E-state index < -0.39 is 39.4 Å². The second kappa shape index (κ2) is 7.36. The van der Waals surface area contributed by atoms with Crippen LogP contribution in [0.25, 0.3) is 5.76 Å². The average molecular weight is 429 g/mol. The van der Waals surface area contributed by atoms with Crippen molar-refractivity contribution in [2.45, 2.75) is 25.4 Å². The molecule has 2 fully saturated rings. The lowest BCUT2D eigenvalue weighted by Gasteiger charge is -2.30. The number of benzene rings is 2. The Balaban J connectivity index is 1.90. The van der Waals surface area contributed by atoms with Crippen LogP contribution in [0.1, 0.15) is 29.2 Å². The zero-order chi connectivity index (χ0) is 21.6. The molecule has 0 saturated carbocycles. The van der Waals surface area contributed by atoms with Gasteiger partial charge in [0, 0.05) is 11.6 Å². The second-order valence-corrected chi connectivity index (χ2v) is 9.91. The first-order chi connectivity index (χ1) is 14.2. The molecule has 2 aliphatic rings. The summed E-state index contributed by atoms with van der Waals surface area (Å²) in [5, 5.41) is 10.9. The van der Waals surface area contributed by atoms with Crippen LogP contribution in [0.15, 0.2) is 54.1 Å². The van der Waals surface area contributed by atoms with Crippen LogP contribution in [0.2, 0.25) is 0 Å². The second-order valence-electron chi connectivity index (χ2n) is 7.68. The van der Waals surface area contributed by atoms with E-state index in [9.17, 15) is 27.5 Å². The molecular weight excluding hydrogens is 409 g/mol. The molecule has 30 heavy (non-hydrogen) atoms. The molecule has 0 spiro atoms. The van der Waals surface area contributed by atoms with Gasteiger partial charge in [-0.3, -0.25) is 9.59 Å². The van der Waals surface area contributed by atoms with Crippen LogP contribution < -0.4 is 0 Å². The van der Waals surface area contributed by atoms with E-state index in [1.54, 1.807) is 30.3 Å². The molecule has 2 aromatic rings. The number of amides is 1. The van der Waals surface area contributed by atoms with Crippen LogP contribution in [0.4, 0.5) is 4.39 Å². The molecule has 0 aromatic heterocycles. The molecule has 8 heteroatoms. The van der Waals surface area contributed by atoms with Crippen molar-refractivity contribution in [2.75, 3.05) is 11.5 Å². The molecule has 2 aromatic carbocycles. The monoisotopic (exact) mass is 429 g/mol. The van der Waals surface area contributed by atoms with Crippen LogP contribution in [0, 0.1) is 12.7 Å². The summed E-state index contributed by atoms with van der Waals surface area (Å²) in [6.45, 7) is 1.87. The summed E-state index contributed by atoms with van der Waals surface area (Å²) >= 11 is 0. The SMILES string of the molecule is Cc1ccc(C(O)=C2C(=O)C(=O)N(C3CCS(=O)(=O)C3)C2c2cccc(F)c2)cc1. The number of halogens is 1. The smallest absolute Gasteiger partial charge is 0.295 e. The Hall–Kier alpha value is -3.00. The van der Waals surface area contributed by atoms with Gasteiger partial charge in [0.25, 0.3) is 11.7 Å². The Morgan fingerprint density at radius 2 is 1.83 bits per heavy atom. The highest BCUT2D eigenvalue weighted by molar-refractivity contribution is 7.91. The lowest BCUT2D eigenvalue weighted by molar-refractivity contribution is -0.141. The Morgan fingerprint density at radius 1 is 1.13 bits per heavy atom. The number of likely N-dealkylation sites (tertiary alicyclic amines) is 1. The molecule has 0 bridgehead atoms. The van der Waals surface area contributed by atoms with Crippen molar-refractivity contribution in [1.82, 2.24) is 4.90 Å². The van der Waals surface area contributed by atoms with Gasteiger partial charge in [-0.15, -0.1) is 0 Å². The first-order valence-corrected chi connectivity index (χ1v) is 11.3. The van der Waals surface area contributed by atoms with Crippen LogP contribution in [-0.4, -0.2) is 47.7 Å². The van der Waals surface area contributed by atoms with Crippen molar-refractivity contribution in [2.24, 2.45) is 0 Å². The van der Waals surface area contributed by atoms with Gasteiger partial charge in [-0.1, -0.05) is 42.0 Å². The van der Waals surface area contributed by atoms with E-state index in [0.717, 1.165) is 5.56 Å². The summed E-state index contributed by atoms with van der Waals surface area (Å²) in [5.74, 6) is -3.09. The fourth-order valence-electron chi connectivity index (χ4n) is 4.09. The number of rotatable bonds is 3. The average Bonchev–Trinajstić information content (AvgIpc) is 3.18. The summed E-state index contributed by atoms with van der Waals surface area (Å²) in [7, 11) is -3.34. The molecular formula is C22H20FNO5S. The summed E-state index contributed by atoms with van der Waals surface area (Å²) < 4.78 is 38.0. The molecule has 1 N–H and O–H groups in total. The molecule has 2 saturated heterocycles. The third kappa shape index (κ3) is 3.52. The third-order valence-corrected chi connectivity index (χ3v) is 7.32. The molecule has 0 aliphatic carbocycles. The quantitative estimate of drug-likeness (QED) is 0.460. The van der Waals surface area contributed by atoms with Crippen molar-refractivity contribution in [3.8, 4) is 0 Å². The number of hydrogen-bond donors (Lipinski definition) is 1. The number of nitrogens with zero attached hydrogens (tertiary/aromatic N) is 1. The van der Waals surface area contributed by atoms with Gasteiger partial charge in [0.1, 0.15) is 11.6 Å². The highest BCUT2D eigenvalue weighted by Gasteiger charge is 2.50. The first kappa shape index (κ1) is 20.3. The number of ketones is 1. The first-order valence-electron chi connectivity index (χ1n) is 9.51. The number of hydrogen-bond acceptors (Lipinski definition) is 5. The highest BCUT2D eigenvalue weighted by Crippen LogP contribution is 2.42. The van der Waals surface area contributed by atoms with Gasteiger partial charge in [-0.05, 0) is 31.0 Å². The maximum absolute atomic E-state index is 14.0. The number of carbonyl (C=O) groups is 2. The number of aliphatic hydroxyl groups is 1. The molecule has 156 valence electrons. The van der Waals surface area contributed by atoms with Crippen LogP contribution in [-0.2, 0) is 19.4 Å². The zero-order valence-corrected chi connectivity index (χ0v) is 17.0. The van der Waals surface area contributed by atoms with Crippen LogP contribution >= 0.6 is 0 Å². The van der Waals surface area contributed by atoms with Gasteiger partial charge in [-0.2, -0.15) is 0 Å². The third-order valence-electron chi connectivity index (χ3n) is 5.57. The molecule has 2 unspecified atom stereocenters. The highest BCUT2D eigenvalue weighted by atomic mass is 32.2. The summed E-state index contributed by atoms with van der Waals surface area (Å²) in [6, 6.07) is 10.4. The zero-order valence-electron chi connectivity index (χ0n) is 16.2. The van der Waals surface area contributed by atoms with Gasteiger partial charge < -0.3 is 10.0 Å². The molecule has 6 nitrogen and oxygen atoms in total. The number of sulfone groups is 1. The van der Waals surface area contributed by atoms with E-state index in [1.165, 1.54) is 23.1 Å². The Labute approximate surface area is 173 Å². The minimum atomic E-state index is -3.34. The molecule has 1 amide bonds. The standard InChI is InChI=1S/C22H20FNO5S/c1-13-5-7-14(8-6-13)20(25)18-19(15-3-2-4-16(23)11-15)24(22(27)21(18)26)17-9-10-30(28,29)12-17/h2-8,11,17,19,25H,9-10,12H2,1H3. The van der Waals surface area contributed by atoms with E-state index in [4.69, 9.17) is 0 Å². The van der Waals surface area contributed by atoms with Gasteiger partial charge in [0.2, 0.25) is 0 Å². The van der Waals surface area contributed by atoms with Crippen molar-refractivity contribution in [3.63, 3.8) is 0 Å². The van der Waals surface area contributed by atoms with Gasteiger partial charge >= 0.3 is 0 Å². The van der Waals surface area contributed by atoms with Gasteiger partial charge in [0.05, 0.1) is 23.1 Å². The van der Waals surface area contributed by atoms with Crippen molar-refractivity contribution in [3.05, 3.63) is 76.6 Å². The molecule has 2 aliphatic heterocycles. The lowest BCUT2D eigenvalue weighted by atomic mass is 9.94. The molecule has 2 atom stereocenters. The topological polar surface area (TPSA) is 91.8 Å². The normalized spacial score (nSPS) is 25.1. The molecule has 0 radical (unpaired) electrons. The molecule has 4 rings (SSSR count). The maximum Gasteiger partial charge on any atom is 0.295 e. The summed E-state index contributed by atoms with van der Waals surface area (Å²) in [4.78, 5) is 27.0. The largest absolute Gasteiger partial charge is 0.507 e. The number of carbonyl (C=O) groups excluding carboxylic acids is 2. The lowest BCUT2D eigenvalue weighted by Crippen LogP contribution is -2.40.